The second-order valence-electron chi connectivity index (χ2n) is 14.5. The Hall–Kier alpha value is -6.74. The molecule has 0 atom stereocenters. The molecule has 8 aromatic carbocycles. The SMILES string of the molecule is Cc1ccc(C(=Cc2ccc(N(c3ccc(CO)cc3C)c3ccc(C=C(c4ccccc4)c4ccccc4)c4ccccc34)cc2)c2ccc(C)cc2)cc1. The first-order chi connectivity index (χ1) is 27.4. The van der Waals surface area contributed by atoms with Crippen molar-refractivity contribution in [2.24, 2.45) is 0 Å². The molecule has 0 radical (unpaired) electrons. The Morgan fingerprint density at radius 1 is 0.464 bits per heavy atom. The van der Waals surface area contributed by atoms with E-state index in [-0.39, 0.29) is 6.61 Å². The lowest BCUT2D eigenvalue weighted by atomic mass is 9.93. The third kappa shape index (κ3) is 7.75. The molecule has 0 bridgehead atoms. The van der Waals surface area contributed by atoms with Gasteiger partial charge in [0.1, 0.15) is 0 Å². The molecule has 2 heteroatoms. The minimum Gasteiger partial charge on any atom is -0.392 e. The maximum absolute atomic E-state index is 10.0. The van der Waals surface area contributed by atoms with E-state index in [0.717, 1.165) is 44.7 Å². The largest absolute Gasteiger partial charge is 0.392 e. The highest BCUT2D eigenvalue weighted by molar-refractivity contribution is 6.06. The highest BCUT2D eigenvalue weighted by Crippen LogP contribution is 2.42. The second kappa shape index (κ2) is 16.3. The van der Waals surface area contributed by atoms with Crippen LogP contribution in [-0.4, -0.2) is 5.11 Å². The Kier molecular flexibility index (Phi) is 10.6. The number of anilines is 3. The molecule has 0 aliphatic heterocycles. The Labute approximate surface area is 331 Å². The van der Waals surface area contributed by atoms with Crippen LogP contribution in [0.1, 0.15) is 55.6 Å². The maximum Gasteiger partial charge on any atom is 0.0681 e. The molecule has 0 amide bonds. The highest BCUT2D eigenvalue weighted by atomic mass is 16.3. The zero-order valence-corrected chi connectivity index (χ0v) is 32.2. The summed E-state index contributed by atoms with van der Waals surface area (Å²) < 4.78 is 0. The van der Waals surface area contributed by atoms with Gasteiger partial charge in [0.25, 0.3) is 0 Å². The third-order valence-corrected chi connectivity index (χ3v) is 10.5. The summed E-state index contributed by atoms with van der Waals surface area (Å²) in [6.07, 6.45) is 4.61. The molecule has 0 aromatic heterocycles. The molecule has 56 heavy (non-hydrogen) atoms. The van der Waals surface area contributed by atoms with Crippen molar-refractivity contribution in [3.05, 3.63) is 244 Å². The number of fused-ring (bicyclic) bond motifs is 1. The molecule has 1 N–H and O–H groups in total. The summed E-state index contributed by atoms with van der Waals surface area (Å²) in [7, 11) is 0. The minimum absolute atomic E-state index is 0.00156. The number of aliphatic hydroxyl groups is 1. The summed E-state index contributed by atoms with van der Waals surface area (Å²) in [5.41, 5.74) is 17.0. The molecule has 0 heterocycles. The van der Waals surface area contributed by atoms with E-state index in [0.29, 0.717) is 0 Å². The third-order valence-electron chi connectivity index (χ3n) is 10.5. The van der Waals surface area contributed by atoms with Gasteiger partial charge in [-0.05, 0) is 118 Å². The Balaban J connectivity index is 1.27. The maximum atomic E-state index is 10.0. The van der Waals surface area contributed by atoms with E-state index in [1.54, 1.807) is 0 Å². The molecule has 0 saturated carbocycles. The zero-order valence-electron chi connectivity index (χ0n) is 32.2. The average molecular weight is 724 g/mol. The van der Waals surface area contributed by atoms with Crippen molar-refractivity contribution >= 4 is 51.1 Å². The van der Waals surface area contributed by atoms with Gasteiger partial charge in [-0.3, -0.25) is 0 Å². The summed E-state index contributed by atoms with van der Waals surface area (Å²) >= 11 is 0. The molecule has 8 aromatic rings. The molecule has 0 fully saturated rings. The van der Waals surface area contributed by atoms with Gasteiger partial charge >= 0.3 is 0 Å². The van der Waals surface area contributed by atoms with E-state index in [1.807, 2.05) is 6.07 Å². The summed E-state index contributed by atoms with van der Waals surface area (Å²) in [5.74, 6) is 0. The molecule has 2 nitrogen and oxygen atoms in total. The fourth-order valence-corrected chi connectivity index (χ4v) is 7.51. The van der Waals surface area contributed by atoms with Crippen LogP contribution in [0.5, 0.6) is 0 Å². The van der Waals surface area contributed by atoms with Crippen LogP contribution in [0, 0.1) is 20.8 Å². The van der Waals surface area contributed by atoms with Crippen LogP contribution in [0.15, 0.2) is 188 Å². The molecule has 0 aliphatic carbocycles. The van der Waals surface area contributed by atoms with Gasteiger partial charge in [-0.2, -0.15) is 0 Å². The van der Waals surface area contributed by atoms with Gasteiger partial charge in [0, 0.05) is 16.8 Å². The molecule has 0 aliphatic rings. The number of hydrogen-bond acceptors (Lipinski definition) is 2. The fraction of sp³-hybridized carbons (Fsp3) is 0.0741. The van der Waals surface area contributed by atoms with Gasteiger partial charge in [0.05, 0.1) is 12.3 Å². The number of aryl methyl sites for hydroxylation is 3. The van der Waals surface area contributed by atoms with E-state index >= 15 is 0 Å². The van der Waals surface area contributed by atoms with Gasteiger partial charge in [-0.25, -0.2) is 0 Å². The van der Waals surface area contributed by atoms with Gasteiger partial charge in [-0.15, -0.1) is 0 Å². The van der Waals surface area contributed by atoms with Crippen molar-refractivity contribution in [2.45, 2.75) is 27.4 Å². The predicted molar refractivity (Wildman–Crippen MR) is 238 cm³/mol. The first-order valence-corrected chi connectivity index (χ1v) is 19.3. The van der Waals surface area contributed by atoms with E-state index in [1.165, 1.54) is 49.9 Å². The van der Waals surface area contributed by atoms with Crippen LogP contribution in [0.4, 0.5) is 17.1 Å². The molecule has 272 valence electrons. The van der Waals surface area contributed by atoms with E-state index in [2.05, 4.69) is 220 Å². The number of hydrogen-bond donors (Lipinski definition) is 1. The Morgan fingerprint density at radius 3 is 1.52 bits per heavy atom. The van der Waals surface area contributed by atoms with Crippen molar-refractivity contribution in [3.63, 3.8) is 0 Å². The number of benzene rings is 8. The minimum atomic E-state index is 0.00156. The molecule has 8 rings (SSSR count). The number of nitrogens with zero attached hydrogens (tertiary/aromatic N) is 1. The lowest BCUT2D eigenvalue weighted by molar-refractivity contribution is 0.282. The summed E-state index contributed by atoms with van der Waals surface area (Å²) in [4.78, 5) is 2.36. The molecule has 0 saturated heterocycles. The quantitative estimate of drug-likeness (QED) is 0.142. The molecular formula is C54H45NO. The van der Waals surface area contributed by atoms with Crippen molar-refractivity contribution < 1.29 is 5.11 Å². The first-order valence-electron chi connectivity index (χ1n) is 19.3. The molecule has 0 spiro atoms. The topological polar surface area (TPSA) is 23.5 Å². The van der Waals surface area contributed by atoms with E-state index in [4.69, 9.17) is 0 Å². The van der Waals surface area contributed by atoms with Crippen LogP contribution >= 0.6 is 0 Å². The lowest BCUT2D eigenvalue weighted by Crippen LogP contribution is -2.12. The number of rotatable bonds is 10. The average Bonchev–Trinajstić information content (AvgIpc) is 3.25. The predicted octanol–water partition coefficient (Wildman–Crippen LogP) is 13.9. The zero-order chi connectivity index (χ0) is 38.4. The summed E-state index contributed by atoms with van der Waals surface area (Å²) in [5, 5.41) is 12.3. The Morgan fingerprint density at radius 2 is 0.964 bits per heavy atom. The van der Waals surface area contributed by atoms with Gasteiger partial charge < -0.3 is 10.0 Å². The van der Waals surface area contributed by atoms with Gasteiger partial charge in [-0.1, -0.05) is 175 Å². The summed E-state index contributed by atoms with van der Waals surface area (Å²) in [6, 6.07) is 67.1. The fourth-order valence-electron chi connectivity index (χ4n) is 7.51. The van der Waals surface area contributed by atoms with Crippen LogP contribution in [0.2, 0.25) is 0 Å². The van der Waals surface area contributed by atoms with E-state index < -0.39 is 0 Å². The van der Waals surface area contributed by atoms with Crippen LogP contribution in [0.3, 0.4) is 0 Å². The van der Waals surface area contributed by atoms with Crippen molar-refractivity contribution in [1.82, 2.24) is 0 Å². The Bertz CT molecular complexity index is 2560. The van der Waals surface area contributed by atoms with Crippen LogP contribution < -0.4 is 4.90 Å². The second-order valence-corrected chi connectivity index (χ2v) is 14.5. The number of aliphatic hydroxyl groups excluding tert-OH is 1. The highest BCUT2D eigenvalue weighted by Gasteiger charge is 2.19. The van der Waals surface area contributed by atoms with Crippen molar-refractivity contribution in [2.75, 3.05) is 4.90 Å². The molecular weight excluding hydrogens is 679 g/mol. The van der Waals surface area contributed by atoms with Crippen LogP contribution in [0.25, 0.3) is 34.1 Å². The monoisotopic (exact) mass is 723 g/mol. The summed E-state index contributed by atoms with van der Waals surface area (Å²) in [6.45, 7) is 6.38. The van der Waals surface area contributed by atoms with Gasteiger partial charge in [0.2, 0.25) is 0 Å². The van der Waals surface area contributed by atoms with Crippen molar-refractivity contribution in [3.8, 4) is 0 Å². The van der Waals surface area contributed by atoms with Gasteiger partial charge in [0.15, 0.2) is 0 Å². The lowest BCUT2D eigenvalue weighted by Gasteiger charge is -2.29. The smallest absolute Gasteiger partial charge is 0.0681 e. The first kappa shape index (κ1) is 36.2. The van der Waals surface area contributed by atoms with E-state index in [9.17, 15) is 5.11 Å². The van der Waals surface area contributed by atoms with Crippen LogP contribution in [-0.2, 0) is 6.61 Å². The molecule has 0 unspecified atom stereocenters. The van der Waals surface area contributed by atoms with Crippen molar-refractivity contribution in [1.29, 1.82) is 0 Å². The standard InChI is InChI=1S/C54H45NO/c1-38-18-25-45(26-19-38)51(46-27-20-39(2)21-28-46)35-41-22-30-48(31-23-41)55(53-32-24-42(37-56)34-40(53)3)54-33-29-47(49-16-10-11-17-50(49)54)36-52(43-12-6-4-7-13-43)44-14-8-5-9-15-44/h4-36,56H,37H2,1-3H3. The normalized spacial score (nSPS) is 10.9.